The quantitative estimate of drug-likeness (QED) is 0.466. The van der Waals surface area contributed by atoms with Gasteiger partial charge in [-0.25, -0.2) is 8.42 Å². The third-order valence-electron chi connectivity index (χ3n) is 5.99. The van der Waals surface area contributed by atoms with Gasteiger partial charge < -0.3 is 14.0 Å². The molecule has 3 aromatic rings. The standard InChI is InChI=1S/C24H27N3O6S2/c1-16-6-11-20-21(13-16)34-24(27(20)15-22(28)33-3)25-23(29)17-5-4-12-26(14-17)35(30,31)19-9-7-18(32-2)8-10-19/h6-11,13,17H,4-5,12,14-15H2,1-3H3. The van der Waals surface area contributed by atoms with Crippen molar-refractivity contribution in [3.05, 3.63) is 52.8 Å². The number of carbonyl (C=O) groups is 2. The summed E-state index contributed by atoms with van der Waals surface area (Å²) in [4.78, 5) is 30.1. The number of rotatable bonds is 6. The minimum absolute atomic E-state index is 0.0533. The highest BCUT2D eigenvalue weighted by atomic mass is 32.2. The van der Waals surface area contributed by atoms with Gasteiger partial charge in [-0.15, -0.1) is 0 Å². The molecular weight excluding hydrogens is 490 g/mol. The van der Waals surface area contributed by atoms with E-state index in [1.165, 1.54) is 42.0 Å². The van der Waals surface area contributed by atoms with E-state index < -0.39 is 27.8 Å². The molecule has 1 aliphatic heterocycles. The summed E-state index contributed by atoms with van der Waals surface area (Å²) in [7, 11) is -0.936. The smallest absolute Gasteiger partial charge is 0.325 e. The van der Waals surface area contributed by atoms with Crippen molar-refractivity contribution in [2.24, 2.45) is 10.9 Å². The number of hydrogen-bond donors (Lipinski definition) is 0. The SMILES string of the molecule is COC(=O)Cn1c(=NC(=O)C2CCCN(S(=O)(=O)c3ccc(OC)cc3)C2)sc2cc(C)ccc21. The van der Waals surface area contributed by atoms with Crippen molar-refractivity contribution in [3.8, 4) is 5.75 Å². The van der Waals surface area contributed by atoms with Crippen molar-refractivity contribution in [2.45, 2.75) is 31.2 Å². The summed E-state index contributed by atoms with van der Waals surface area (Å²) in [6.45, 7) is 2.28. The molecule has 0 aliphatic carbocycles. The molecule has 1 unspecified atom stereocenters. The Morgan fingerprint density at radius 2 is 1.89 bits per heavy atom. The zero-order chi connectivity index (χ0) is 25.2. The molecule has 1 aromatic heterocycles. The lowest BCUT2D eigenvalue weighted by Gasteiger charge is -2.30. The highest BCUT2D eigenvalue weighted by Crippen LogP contribution is 2.26. The van der Waals surface area contributed by atoms with Crippen molar-refractivity contribution >= 4 is 43.5 Å². The largest absolute Gasteiger partial charge is 0.497 e. The molecule has 1 fully saturated rings. The number of carbonyl (C=O) groups excluding carboxylic acids is 2. The van der Waals surface area contributed by atoms with E-state index in [4.69, 9.17) is 9.47 Å². The number of esters is 1. The minimum atomic E-state index is -3.76. The number of amides is 1. The van der Waals surface area contributed by atoms with E-state index >= 15 is 0 Å². The zero-order valence-electron chi connectivity index (χ0n) is 19.8. The molecule has 9 nitrogen and oxygen atoms in total. The van der Waals surface area contributed by atoms with Crippen LogP contribution in [-0.4, -0.2) is 56.5 Å². The summed E-state index contributed by atoms with van der Waals surface area (Å²) in [5.41, 5.74) is 1.83. The Morgan fingerprint density at radius 3 is 2.57 bits per heavy atom. The van der Waals surface area contributed by atoms with Crippen LogP contribution in [0.25, 0.3) is 10.2 Å². The number of hydrogen-bond acceptors (Lipinski definition) is 7. The van der Waals surface area contributed by atoms with Gasteiger partial charge in [0, 0.05) is 13.1 Å². The predicted molar refractivity (Wildman–Crippen MR) is 132 cm³/mol. The molecule has 0 bridgehead atoms. The molecule has 0 saturated carbocycles. The number of nitrogens with zero attached hydrogens (tertiary/aromatic N) is 3. The molecule has 2 heterocycles. The molecule has 2 aromatic carbocycles. The molecule has 0 radical (unpaired) electrons. The minimum Gasteiger partial charge on any atom is -0.497 e. The fourth-order valence-corrected chi connectivity index (χ4v) is 6.71. The zero-order valence-corrected chi connectivity index (χ0v) is 21.4. The maximum absolute atomic E-state index is 13.2. The van der Waals surface area contributed by atoms with Crippen molar-refractivity contribution in [1.29, 1.82) is 0 Å². The number of aryl methyl sites for hydroxylation is 1. The van der Waals surface area contributed by atoms with Crippen LogP contribution in [0.1, 0.15) is 18.4 Å². The van der Waals surface area contributed by atoms with Crippen LogP contribution in [0.5, 0.6) is 5.75 Å². The van der Waals surface area contributed by atoms with Gasteiger partial charge in [-0.05, 0) is 61.7 Å². The normalized spacial score (nSPS) is 17.5. The van der Waals surface area contributed by atoms with Crippen molar-refractivity contribution in [2.75, 3.05) is 27.3 Å². The first-order valence-electron chi connectivity index (χ1n) is 11.1. The van der Waals surface area contributed by atoms with E-state index in [1.807, 2.05) is 25.1 Å². The number of methoxy groups -OCH3 is 2. The first kappa shape index (κ1) is 25.1. The number of benzene rings is 2. The van der Waals surface area contributed by atoms with Gasteiger partial charge >= 0.3 is 5.97 Å². The molecule has 1 aliphatic rings. The topological polar surface area (TPSA) is 107 Å². The predicted octanol–water partition coefficient (Wildman–Crippen LogP) is 2.72. The lowest BCUT2D eigenvalue weighted by Crippen LogP contribution is -2.42. The molecule has 0 spiro atoms. The maximum atomic E-state index is 13.2. The van der Waals surface area contributed by atoms with Crippen molar-refractivity contribution in [1.82, 2.24) is 8.87 Å². The van der Waals surface area contributed by atoms with Gasteiger partial charge in [0.25, 0.3) is 5.91 Å². The Balaban J connectivity index is 1.62. The highest BCUT2D eigenvalue weighted by Gasteiger charge is 2.33. The van der Waals surface area contributed by atoms with E-state index in [1.54, 1.807) is 16.7 Å². The van der Waals surface area contributed by atoms with Crippen molar-refractivity contribution in [3.63, 3.8) is 0 Å². The average Bonchev–Trinajstić information content (AvgIpc) is 3.19. The number of aromatic nitrogens is 1. The summed E-state index contributed by atoms with van der Waals surface area (Å²) in [5, 5.41) is 0. The van der Waals surface area contributed by atoms with Crippen LogP contribution in [0.4, 0.5) is 0 Å². The Kier molecular flexibility index (Phi) is 7.39. The Morgan fingerprint density at radius 1 is 1.14 bits per heavy atom. The second kappa shape index (κ2) is 10.3. The van der Waals surface area contributed by atoms with Crippen LogP contribution >= 0.6 is 11.3 Å². The number of piperidine rings is 1. The number of ether oxygens (including phenoxy) is 2. The van der Waals surface area contributed by atoms with Gasteiger partial charge in [-0.2, -0.15) is 9.30 Å². The summed E-state index contributed by atoms with van der Waals surface area (Å²) in [6, 6.07) is 12.0. The van der Waals surface area contributed by atoms with Gasteiger partial charge in [0.15, 0.2) is 4.80 Å². The van der Waals surface area contributed by atoms with Gasteiger partial charge in [-0.1, -0.05) is 17.4 Å². The lowest BCUT2D eigenvalue weighted by atomic mass is 9.99. The van der Waals surface area contributed by atoms with Gasteiger partial charge in [0.05, 0.1) is 35.2 Å². The average molecular weight is 518 g/mol. The van der Waals surface area contributed by atoms with E-state index in [0.29, 0.717) is 29.9 Å². The fourth-order valence-electron chi connectivity index (χ4n) is 4.06. The maximum Gasteiger partial charge on any atom is 0.325 e. The number of thiazole rings is 1. The summed E-state index contributed by atoms with van der Waals surface area (Å²) in [5.74, 6) is -0.862. The van der Waals surface area contributed by atoms with Crippen LogP contribution in [0, 0.1) is 12.8 Å². The molecular formula is C24H27N3O6S2. The van der Waals surface area contributed by atoms with Crippen LogP contribution in [-0.2, 0) is 30.9 Å². The fraction of sp³-hybridized carbons (Fsp3) is 0.375. The molecule has 1 amide bonds. The Bertz CT molecular complexity index is 1420. The van der Waals surface area contributed by atoms with E-state index in [9.17, 15) is 18.0 Å². The van der Waals surface area contributed by atoms with Crippen LogP contribution in [0.2, 0.25) is 0 Å². The molecule has 11 heteroatoms. The first-order valence-corrected chi connectivity index (χ1v) is 13.4. The molecule has 186 valence electrons. The number of fused-ring (bicyclic) bond motifs is 1. The van der Waals surface area contributed by atoms with Gasteiger partial charge in [0.2, 0.25) is 10.0 Å². The lowest BCUT2D eigenvalue weighted by molar-refractivity contribution is -0.141. The molecule has 1 atom stereocenters. The first-order chi connectivity index (χ1) is 16.7. The Labute approximate surface area is 207 Å². The van der Waals surface area contributed by atoms with E-state index in [0.717, 1.165) is 15.8 Å². The van der Waals surface area contributed by atoms with Gasteiger partial charge in [0.1, 0.15) is 12.3 Å². The summed E-state index contributed by atoms with van der Waals surface area (Å²) in [6.07, 6.45) is 1.09. The van der Waals surface area contributed by atoms with Crippen LogP contribution in [0.15, 0.2) is 52.4 Å². The highest BCUT2D eigenvalue weighted by molar-refractivity contribution is 7.89. The Hall–Kier alpha value is -3.02. The summed E-state index contributed by atoms with van der Waals surface area (Å²) >= 11 is 1.31. The molecule has 35 heavy (non-hydrogen) atoms. The molecule has 0 N–H and O–H groups in total. The summed E-state index contributed by atoms with van der Waals surface area (Å²) < 4.78 is 40.1. The van der Waals surface area contributed by atoms with E-state index in [-0.39, 0.29) is 18.0 Å². The monoisotopic (exact) mass is 517 g/mol. The molecule has 1 saturated heterocycles. The second-order valence-electron chi connectivity index (χ2n) is 8.35. The van der Waals surface area contributed by atoms with E-state index in [2.05, 4.69) is 4.99 Å². The molecule has 4 rings (SSSR count). The third-order valence-corrected chi connectivity index (χ3v) is 8.91. The van der Waals surface area contributed by atoms with Gasteiger partial charge in [-0.3, -0.25) is 9.59 Å². The number of sulfonamides is 1. The van der Waals surface area contributed by atoms with Crippen LogP contribution in [0.3, 0.4) is 0 Å². The third kappa shape index (κ3) is 5.31. The van der Waals surface area contributed by atoms with Crippen LogP contribution < -0.4 is 9.54 Å². The van der Waals surface area contributed by atoms with Crippen molar-refractivity contribution < 1.29 is 27.5 Å². The second-order valence-corrected chi connectivity index (χ2v) is 11.3.